The molecule has 0 bridgehead atoms. The van der Waals surface area contributed by atoms with Crippen LogP contribution in [0.4, 0.5) is 0 Å². The number of hydrogen-bond donors (Lipinski definition) is 2. The lowest BCUT2D eigenvalue weighted by atomic mass is 9.93. The highest BCUT2D eigenvalue weighted by molar-refractivity contribution is 7.99. The fraction of sp³-hybridized carbons (Fsp3) is 0.588. The van der Waals surface area contributed by atoms with Crippen LogP contribution in [0.25, 0.3) is 0 Å². The quantitative estimate of drug-likeness (QED) is 0.821. The van der Waals surface area contributed by atoms with Gasteiger partial charge >= 0.3 is 0 Å². The van der Waals surface area contributed by atoms with Crippen molar-refractivity contribution in [2.75, 3.05) is 5.75 Å². The molecular formula is C17H25NO2S. The number of carbonyl (C=O) groups is 1. The van der Waals surface area contributed by atoms with Crippen molar-refractivity contribution in [1.29, 1.82) is 0 Å². The third-order valence-corrected chi connectivity index (χ3v) is 5.13. The molecule has 4 heteroatoms. The molecule has 0 unspecified atom stereocenters. The fourth-order valence-electron chi connectivity index (χ4n) is 2.59. The smallest absolute Gasteiger partial charge is 0.221 e. The molecule has 0 heterocycles. The molecule has 3 nitrogen and oxygen atoms in total. The van der Waals surface area contributed by atoms with E-state index in [0.717, 1.165) is 31.4 Å². The summed E-state index contributed by atoms with van der Waals surface area (Å²) in [5, 5.41) is 12.5. The molecule has 0 radical (unpaired) electrons. The number of hydrogen-bond acceptors (Lipinski definition) is 3. The molecule has 2 rings (SSSR count). The van der Waals surface area contributed by atoms with E-state index in [9.17, 15) is 9.90 Å². The third kappa shape index (κ3) is 5.36. The van der Waals surface area contributed by atoms with Crippen molar-refractivity contribution in [1.82, 2.24) is 5.32 Å². The van der Waals surface area contributed by atoms with E-state index in [4.69, 9.17) is 0 Å². The number of amides is 1. The minimum absolute atomic E-state index is 0.132. The molecule has 1 amide bonds. The first-order valence-electron chi connectivity index (χ1n) is 7.72. The van der Waals surface area contributed by atoms with Gasteiger partial charge in [0.1, 0.15) is 0 Å². The molecule has 116 valence electrons. The molecule has 1 aliphatic rings. The standard InChI is InChI=1S/C17H25NO2S/c1-12-3-8-16(11-13(12)2)21-10-9-17(20)18-14-4-6-15(19)7-5-14/h3,8,11,14-15,19H,4-7,9-10H2,1-2H3,(H,18,20). The van der Waals surface area contributed by atoms with Crippen molar-refractivity contribution >= 4 is 17.7 Å². The van der Waals surface area contributed by atoms with Crippen LogP contribution >= 0.6 is 11.8 Å². The average Bonchev–Trinajstić information content (AvgIpc) is 2.45. The molecule has 1 aromatic carbocycles. The predicted octanol–water partition coefficient (Wildman–Crippen LogP) is 3.21. The van der Waals surface area contributed by atoms with Crippen LogP contribution in [0.5, 0.6) is 0 Å². The Bertz CT molecular complexity index is 482. The summed E-state index contributed by atoms with van der Waals surface area (Å²) < 4.78 is 0. The van der Waals surface area contributed by atoms with E-state index in [2.05, 4.69) is 37.4 Å². The summed E-state index contributed by atoms with van der Waals surface area (Å²) in [4.78, 5) is 13.1. The van der Waals surface area contributed by atoms with E-state index in [1.54, 1.807) is 11.8 Å². The zero-order valence-corrected chi connectivity index (χ0v) is 13.7. The molecule has 0 atom stereocenters. The normalized spacial score (nSPS) is 22.0. The molecule has 0 saturated heterocycles. The SMILES string of the molecule is Cc1ccc(SCCC(=O)NC2CCC(O)CC2)cc1C. The number of rotatable bonds is 5. The van der Waals surface area contributed by atoms with Crippen LogP contribution in [0.3, 0.4) is 0 Å². The summed E-state index contributed by atoms with van der Waals surface area (Å²) in [6, 6.07) is 6.69. The van der Waals surface area contributed by atoms with Crippen molar-refractivity contribution in [3.8, 4) is 0 Å². The van der Waals surface area contributed by atoms with Crippen LogP contribution in [-0.2, 0) is 4.79 Å². The highest BCUT2D eigenvalue weighted by Gasteiger charge is 2.20. The van der Waals surface area contributed by atoms with Gasteiger partial charge in [0, 0.05) is 23.1 Å². The fourth-order valence-corrected chi connectivity index (χ4v) is 3.53. The van der Waals surface area contributed by atoms with E-state index in [-0.39, 0.29) is 18.1 Å². The predicted molar refractivity (Wildman–Crippen MR) is 87.7 cm³/mol. The van der Waals surface area contributed by atoms with Gasteiger partial charge in [-0.1, -0.05) is 6.07 Å². The van der Waals surface area contributed by atoms with Crippen LogP contribution in [0, 0.1) is 13.8 Å². The summed E-state index contributed by atoms with van der Waals surface area (Å²) in [7, 11) is 0. The lowest BCUT2D eigenvalue weighted by Crippen LogP contribution is -2.38. The van der Waals surface area contributed by atoms with E-state index in [0.29, 0.717) is 6.42 Å². The summed E-state index contributed by atoms with van der Waals surface area (Å²) in [6.07, 6.45) is 3.80. The van der Waals surface area contributed by atoms with Crippen molar-refractivity contribution in [3.05, 3.63) is 29.3 Å². The highest BCUT2D eigenvalue weighted by Crippen LogP contribution is 2.22. The molecule has 1 aromatic rings. The molecule has 1 saturated carbocycles. The van der Waals surface area contributed by atoms with Crippen LogP contribution in [-0.4, -0.2) is 28.9 Å². The van der Waals surface area contributed by atoms with Crippen molar-refractivity contribution in [2.45, 2.75) is 63.0 Å². The van der Waals surface area contributed by atoms with Gasteiger partial charge in [0.15, 0.2) is 0 Å². The average molecular weight is 307 g/mol. The van der Waals surface area contributed by atoms with Gasteiger partial charge in [-0.15, -0.1) is 11.8 Å². The molecule has 0 aromatic heterocycles. The van der Waals surface area contributed by atoms with E-state index < -0.39 is 0 Å². The van der Waals surface area contributed by atoms with Gasteiger partial charge in [-0.05, 0) is 62.8 Å². The summed E-state index contributed by atoms with van der Waals surface area (Å²) in [5.74, 6) is 0.941. The molecule has 2 N–H and O–H groups in total. The van der Waals surface area contributed by atoms with E-state index in [1.165, 1.54) is 16.0 Å². The Morgan fingerprint density at radius 3 is 2.62 bits per heavy atom. The van der Waals surface area contributed by atoms with E-state index in [1.807, 2.05) is 0 Å². The van der Waals surface area contributed by atoms with Gasteiger partial charge in [-0.25, -0.2) is 0 Å². The van der Waals surface area contributed by atoms with Crippen molar-refractivity contribution < 1.29 is 9.90 Å². The minimum Gasteiger partial charge on any atom is -0.393 e. The lowest BCUT2D eigenvalue weighted by Gasteiger charge is -2.26. The Labute approximate surface area is 131 Å². The number of benzene rings is 1. The Kier molecular flexibility index (Phi) is 6.12. The van der Waals surface area contributed by atoms with Crippen LogP contribution in [0.2, 0.25) is 0 Å². The monoisotopic (exact) mass is 307 g/mol. The van der Waals surface area contributed by atoms with E-state index >= 15 is 0 Å². The topological polar surface area (TPSA) is 49.3 Å². The first kappa shape index (κ1) is 16.4. The zero-order valence-electron chi connectivity index (χ0n) is 12.9. The zero-order chi connectivity index (χ0) is 15.2. The Balaban J connectivity index is 1.68. The number of carbonyl (C=O) groups excluding carboxylic acids is 1. The number of aliphatic hydroxyl groups is 1. The largest absolute Gasteiger partial charge is 0.393 e. The lowest BCUT2D eigenvalue weighted by molar-refractivity contribution is -0.121. The van der Waals surface area contributed by atoms with Gasteiger partial charge < -0.3 is 10.4 Å². The maximum absolute atomic E-state index is 11.9. The second-order valence-corrected chi connectivity index (χ2v) is 7.09. The third-order valence-electron chi connectivity index (χ3n) is 4.14. The Morgan fingerprint density at radius 2 is 1.95 bits per heavy atom. The van der Waals surface area contributed by atoms with Crippen molar-refractivity contribution in [3.63, 3.8) is 0 Å². The molecule has 1 fully saturated rings. The number of aliphatic hydroxyl groups excluding tert-OH is 1. The number of aryl methyl sites for hydroxylation is 2. The van der Waals surface area contributed by atoms with Crippen LogP contribution in [0.1, 0.15) is 43.2 Å². The second kappa shape index (κ2) is 7.85. The highest BCUT2D eigenvalue weighted by atomic mass is 32.2. The molecule has 1 aliphatic carbocycles. The second-order valence-electron chi connectivity index (χ2n) is 5.92. The van der Waals surface area contributed by atoms with Crippen LogP contribution < -0.4 is 5.32 Å². The maximum Gasteiger partial charge on any atom is 0.221 e. The molecular weight excluding hydrogens is 282 g/mol. The van der Waals surface area contributed by atoms with Gasteiger partial charge in [-0.2, -0.15) is 0 Å². The number of nitrogens with one attached hydrogen (secondary N) is 1. The first-order valence-corrected chi connectivity index (χ1v) is 8.70. The molecule has 21 heavy (non-hydrogen) atoms. The van der Waals surface area contributed by atoms with Gasteiger partial charge in [0.05, 0.1) is 6.10 Å². The first-order chi connectivity index (χ1) is 10.0. The van der Waals surface area contributed by atoms with Crippen molar-refractivity contribution in [2.24, 2.45) is 0 Å². The summed E-state index contributed by atoms with van der Waals surface area (Å²) >= 11 is 1.73. The molecule has 0 aliphatic heterocycles. The Hall–Kier alpha value is -1.00. The molecule has 0 spiro atoms. The Morgan fingerprint density at radius 1 is 1.24 bits per heavy atom. The van der Waals surface area contributed by atoms with Gasteiger partial charge in [0.2, 0.25) is 5.91 Å². The summed E-state index contributed by atoms with van der Waals surface area (Å²) in [5.41, 5.74) is 2.60. The van der Waals surface area contributed by atoms with Gasteiger partial charge in [0.25, 0.3) is 0 Å². The number of thioether (sulfide) groups is 1. The maximum atomic E-state index is 11.9. The minimum atomic E-state index is -0.168. The van der Waals surface area contributed by atoms with Gasteiger partial charge in [-0.3, -0.25) is 4.79 Å². The summed E-state index contributed by atoms with van der Waals surface area (Å²) in [6.45, 7) is 4.22. The van der Waals surface area contributed by atoms with Crippen LogP contribution in [0.15, 0.2) is 23.1 Å².